The van der Waals surface area contributed by atoms with E-state index in [9.17, 15) is 24.0 Å². The largest absolute Gasteiger partial charge is 0.461 e. The molecule has 0 aromatic rings. The molecule has 52 heavy (non-hydrogen) atoms. The van der Waals surface area contributed by atoms with Crippen molar-refractivity contribution in [1.82, 2.24) is 0 Å². The van der Waals surface area contributed by atoms with Gasteiger partial charge in [0.1, 0.15) is 30.9 Å². The molecule has 0 spiro atoms. The fourth-order valence-electron chi connectivity index (χ4n) is 5.25. The van der Waals surface area contributed by atoms with Crippen molar-refractivity contribution in [2.45, 2.75) is 149 Å². The van der Waals surface area contributed by atoms with Crippen LogP contribution in [0.3, 0.4) is 0 Å². The van der Waals surface area contributed by atoms with Gasteiger partial charge < -0.3 is 24.1 Å². The quantitative estimate of drug-likeness (QED) is 0.0453. The first-order valence-corrected chi connectivity index (χ1v) is 19.0. The Morgan fingerprint density at radius 3 is 1.02 bits per heavy atom. The predicted octanol–water partition coefficient (Wildman–Crippen LogP) is 9.16. The molecule has 0 aromatic carbocycles. The smallest absolute Gasteiger partial charge is 0.308 e. The van der Waals surface area contributed by atoms with Crippen LogP contribution in [0.15, 0.2) is 34.9 Å². The number of allylic oxidation sites excluding steroid dienone is 2. The number of aliphatic hydroxyl groups is 1. The van der Waals surface area contributed by atoms with Crippen LogP contribution in [0.1, 0.15) is 131 Å². The van der Waals surface area contributed by atoms with Crippen LogP contribution >= 0.6 is 0 Å². The zero-order valence-corrected chi connectivity index (χ0v) is 35.9. The van der Waals surface area contributed by atoms with Crippen molar-refractivity contribution in [1.29, 1.82) is 0 Å². The van der Waals surface area contributed by atoms with Gasteiger partial charge in [-0.25, -0.2) is 0 Å². The van der Waals surface area contributed by atoms with Crippen molar-refractivity contribution in [2.75, 3.05) is 6.61 Å². The highest BCUT2D eigenvalue weighted by atomic mass is 16.6. The van der Waals surface area contributed by atoms with Crippen LogP contribution in [0.25, 0.3) is 0 Å². The third-order valence-corrected chi connectivity index (χ3v) is 8.16. The third kappa shape index (κ3) is 24.2. The van der Waals surface area contributed by atoms with E-state index in [-0.39, 0.29) is 96.1 Å². The Hall–Kier alpha value is -3.07. The molecule has 6 atom stereocenters. The molecule has 0 amide bonds. The van der Waals surface area contributed by atoms with Gasteiger partial charge in [-0.3, -0.25) is 19.2 Å². The molecular weight excluding hydrogens is 660 g/mol. The summed E-state index contributed by atoms with van der Waals surface area (Å²) < 4.78 is 16.5. The van der Waals surface area contributed by atoms with E-state index in [1.807, 2.05) is 136 Å². The number of rotatable bonds is 19. The minimum atomic E-state index is -0.187. The van der Waals surface area contributed by atoms with Gasteiger partial charge in [-0.15, -0.1) is 0 Å². The van der Waals surface area contributed by atoms with E-state index in [4.69, 9.17) is 19.3 Å². The van der Waals surface area contributed by atoms with Gasteiger partial charge in [-0.2, -0.15) is 0 Å². The summed E-state index contributed by atoms with van der Waals surface area (Å²) in [5.74, 6) is 0.159. The van der Waals surface area contributed by atoms with Gasteiger partial charge in [0.05, 0.1) is 24.4 Å². The average molecular weight is 737 g/mol. The SMILES string of the molecule is C/C(=C\[C@H](C)[C@H](OC(=O)C(C)C)C(C)C)CC=O.C/C(=C\[C@H](C)[C@H](OC(=O)C(C)C)C(C)C)CO.C/C(C=O)=C\[C@H](C)[C@H](OC(=O)C(C)C)C(C)C. The van der Waals surface area contributed by atoms with Gasteiger partial charge in [0.15, 0.2) is 0 Å². The molecule has 0 aliphatic rings. The first-order chi connectivity index (χ1) is 23.9. The Bertz CT molecular complexity index is 1140. The number of hydrogen-bond donors (Lipinski definition) is 1. The van der Waals surface area contributed by atoms with Crippen LogP contribution in [-0.2, 0) is 38.2 Å². The molecule has 0 aromatic heterocycles. The fourth-order valence-corrected chi connectivity index (χ4v) is 5.25. The van der Waals surface area contributed by atoms with Crippen LogP contribution in [0.5, 0.6) is 0 Å². The lowest BCUT2D eigenvalue weighted by molar-refractivity contribution is -0.158. The van der Waals surface area contributed by atoms with E-state index in [1.54, 1.807) is 6.92 Å². The molecule has 302 valence electrons. The lowest BCUT2D eigenvalue weighted by Crippen LogP contribution is -2.31. The van der Waals surface area contributed by atoms with Crippen molar-refractivity contribution in [3.05, 3.63) is 34.9 Å². The minimum absolute atomic E-state index is 0.0444. The first-order valence-electron chi connectivity index (χ1n) is 19.0. The maximum atomic E-state index is 11.7. The Morgan fingerprint density at radius 1 is 0.500 bits per heavy atom. The topological polar surface area (TPSA) is 133 Å². The lowest BCUT2D eigenvalue weighted by Gasteiger charge is -2.26. The Morgan fingerprint density at radius 2 is 0.788 bits per heavy atom. The fraction of sp³-hybridized carbons (Fsp3) is 0.744. The van der Waals surface area contributed by atoms with Crippen molar-refractivity contribution in [3.8, 4) is 0 Å². The molecule has 0 fully saturated rings. The summed E-state index contributed by atoms with van der Waals surface area (Å²) in [6, 6.07) is 0. The number of esters is 3. The molecule has 0 saturated carbocycles. The van der Waals surface area contributed by atoms with Crippen molar-refractivity contribution in [3.63, 3.8) is 0 Å². The highest BCUT2D eigenvalue weighted by molar-refractivity contribution is 5.73. The number of carbonyl (C=O) groups excluding carboxylic acids is 5. The molecule has 0 saturated heterocycles. The van der Waals surface area contributed by atoms with Gasteiger partial charge in [0, 0.05) is 24.2 Å². The highest BCUT2D eigenvalue weighted by Gasteiger charge is 2.27. The lowest BCUT2D eigenvalue weighted by atomic mass is 9.92. The average Bonchev–Trinajstić information content (AvgIpc) is 3.03. The number of ether oxygens (including phenoxy) is 3. The summed E-state index contributed by atoms with van der Waals surface area (Å²) >= 11 is 0. The molecule has 9 heteroatoms. The minimum Gasteiger partial charge on any atom is -0.461 e. The summed E-state index contributed by atoms with van der Waals surface area (Å²) in [6.45, 7) is 34.7. The number of carbonyl (C=O) groups is 5. The molecule has 0 heterocycles. The van der Waals surface area contributed by atoms with Crippen LogP contribution in [0, 0.1) is 53.3 Å². The van der Waals surface area contributed by atoms with Gasteiger partial charge in [-0.05, 0) is 44.1 Å². The molecule has 9 nitrogen and oxygen atoms in total. The first kappa shape index (κ1) is 53.3. The second-order valence-corrected chi connectivity index (χ2v) is 16.1. The predicted molar refractivity (Wildman–Crippen MR) is 211 cm³/mol. The maximum absolute atomic E-state index is 11.7. The van der Waals surface area contributed by atoms with Crippen LogP contribution in [-0.4, -0.2) is 60.5 Å². The van der Waals surface area contributed by atoms with E-state index >= 15 is 0 Å². The zero-order valence-electron chi connectivity index (χ0n) is 35.9. The third-order valence-electron chi connectivity index (χ3n) is 8.16. The molecule has 1 N–H and O–H groups in total. The van der Waals surface area contributed by atoms with Crippen LogP contribution in [0.4, 0.5) is 0 Å². The van der Waals surface area contributed by atoms with Gasteiger partial charge in [-0.1, -0.05) is 133 Å². The summed E-state index contributed by atoms with van der Waals surface area (Å²) in [5.41, 5.74) is 2.59. The molecule has 0 bridgehead atoms. The molecule has 0 aliphatic heterocycles. The number of aldehydes is 2. The van der Waals surface area contributed by atoms with Gasteiger partial charge in [0.25, 0.3) is 0 Å². The molecular formula is C43H76O9. The monoisotopic (exact) mass is 737 g/mol. The van der Waals surface area contributed by atoms with E-state index in [0.29, 0.717) is 12.0 Å². The maximum Gasteiger partial charge on any atom is 0.308 e. The summed E-state index contributed by atoms with van der Waals surface area (Å²) in [4.78, 5) is 55.9. The van der Waals surface area contributed by atoms with Crippen molar-refractivity contribution >= 4 is 30.5 Å². The zero-order chi connectivity index (χ0) is 41.5. The van der Waals surface area contributed by atoms with E-state index in [2.05, 4.69) is 0 Å². The van der Waals surface area contributed by atoms with E-state index in [0.717, 1.165) is 23.7 Å². The Balaban J connectivity index is -0.000000693. The van der Waals surface area contributed by atoms with Crippen LogP contribution < -0.4 is 0 Å². The van der Waals surface area contributed by atoms with Crippen molar-refractivity contribution in [2.24, 2.45) is 53.3 Å². The number of hydrogen-bond acceptors (Lipinski definition) is 9. The van der Waals surface area contributed by atoms with Crippen molar-refractivity contribution < 1.29 is 43.3 Å². The number of aliphatic hydroxyl groups excluding tert-OH is 1. The van der Waals surface area contributed by atoms with Gasteiger partial charge >= 0.3 is 17.9 Å². The summed E-state index contributed by atoms with van der Waals surface area (Å²) in [5, 5.41) is 9.00. The Labute approximate surface area is 317 Å². The molecule has 0 unspecified atom stereocenters. The van der Waals surface area contributed by atoms with Crippen LogP contribution in [0.2, 0.25) is 0 Å². The standard InChI is InChI=1S/C15H26O3.C14H26O3.C14H24O3/c1-10(2)14(18-15(17)11(3)4)13(6)9-12(5)7-8-16;2*1-9(2)13(17-14(16)10(3)4)12(6)7-11(5)8-15/h8-11,13-14H,7H2,1-6H3;7,9-10,12-13,15H,8H2,1-6H3;7-10,12-13H,1-6H3/b12-9+;2*11-7+/t13-,14+;2*12-,13+/m000/s1. The Kier molecular flexibility index (Phi) is 29.1. The summed E-state index contributed by atoms with van der Waals surface area (Å²) in [6.07, 6.45) is 7.54. The normalized spacial score (nSPS) is 15.9. The van der Waals surface area contributed by atoms with Gasteiger partial charge in [0.2, 0.25) is 0 Å². The molecule has 0 rings (SSSR count). The second kappa shape index (κ2) is 28.4. The van der Waals surface area contributed by atoms with E-state index in [1.165, 1.54) is 0 Å². The van der Waals surface area contributed by atoms with E-state index < -0.39 is 0 Å². The second-order valence-electron chi connectivity index (χ2n) is 16.1. The molecule has 0 aliphatic carbocycles. The molecule has 0 radical (unpaired) electrons. The summed E-state index contributed by atoms with van der Waals surface area (Å²) in [7, 11) is 0. The highest BCUT2D eigenvalue weighted by Crippen LogP contribution is 2.23.